The van der Waals surface area contributed by atoms with Gasteiger partial charge in [0.05, 0.1) is 13.7 Å². The highest BCUT2D eigenvalue weighted by molar-refractivity contribution is 7.03. The molecule has 2 heterocycles. The van der Waals surface area contributed by atoms with Crippen molar-refractivity contribution in [3.05, 3.63) is 22.7 Å². The maximum atomic E-state index is 5.60. The van der Waals surface area contributed by atoms with Crippen LogP contribution in [-0.4, -0.2) is 21.3 Å². The second-order valence-electron chi connectivity index (χ2n) is 3.22. The number of aryl methyl sites for hydroxylation is 1. The van der Waals surface area contributed by atoms with Crippen LogP contribution in [-0.2, 0) is 6.54 Å². The Kier molecular flexibility index (Phi) is 2.59. The summed E-state index contributed by atoms with van der Waals surface area (Å²) in [7, 11) is 1.61. The minimum atomic E-state index is 0.537. The molecule has 0 aliphatic carbocycles. The fourth-order valence-corrected chi connectivity index (χ4v) is 2.02. The first kappa shape index (κ1) is 9.97. The summed E-state index contributed by atoms with van der Waals surface area (Å²) in [5, 5.41) is 6.13. The fourth-order valence-electron chi connectivity index (χ4n) is 1.38. The smallest absolute Gasteiger partial charge is 0.230 e. The van der Waals surface area contributed by atoms with Crippen molar-refractivity contribution in [2.75, 3.05) is 12.8 Å². The second-order valence-corrected chi connectivity index (χ2v) is 3.85. The normalized spacial score (nSPS) is 10.5. The molecule has 6 heteroatoms. The summed E-state index contributed by atoms with van der Waals surface area (Å²) in [6.07, 6.45) is 0. The van der Waals surface area contributed by atoms with Gasteiger partial charge in [-0.3, -0.25) is 4.68 Å². The Morgan fingerprint density at radius 3 is 3.00 bits per heavy atom. The van der Waals surface area contributed by atoms with E-state index in [4.69, 9.17) is 10.5 Å². The lowest BCUT2D eigenvalue weighted by Gasteiger charge is -2.03. The van der Waals surface area contributed by atoms with Crippen molar-refractivity contribution in [1.82, 2.24) is 14.2 Å². The third-order valence-electron chi connectivity index (χ3n) is 2.12. The van der Waals surface area contributed by atoms with Gasteiger partial charge in [0.15, 0.2) is 0 Å². The molecule has 0 radical (unpaired) electrons. The van der Waals surface area contributed by atoms with Gasteiger partial charge in [-0.2, -0.15) is 9.47 Å². The SMILES string of the molecule is COc1nscc1Cn1nc(N)cc1C. The third-order valence-corrected chi connectivity index (χ3v) is 2.78. The zero-order valence-electron chi connectivity index (χ0n) is 8.60. The van der Waals surface area contributed by atoms with Gasteiger partial charge >= 0.3 is 0 Å². The van der Waals surface area contributed by atoms with Crippen LogP contribution in [0, 0.1) is 6.92 Å². The number of aromatic nitrogens is 3. The van der Waals surface area contributed by atoms with E-state index < -0.39 is 0 Å². The molecule has 0 unspecified atom stereocenters. The Balaban J connectivity index is 2.25. The van der Waals surface area contributed by atoms with Crippen LogP contribution in [0.2, 0.25) is 0 Å². The van der Waals surface area contributed by atoms with Crippen LogP contribution in [0.3, 0.4) is 0 Å². The lowest BCUT2D eigenvalue weighted by Crippen LogP contribution is -2.04. The van der Waals surface area contributed by atoms with Crippen molar-refractivity contribution in [3.8, 4) is 5.88 Å². The number of nitrogens with zero attached hydrogens (tertiary/aromatic N) is 3. The van der Waals surface area contributed by atoms with E-state index in [0.29, 0.717) is 18.2 Å². The highest BCUT2D eigenvalue weighted by Crippen LogP contribution is 2.20. The van der Waals surface area contributed by atoms with Crippen molar-refractivity contribution in [2.24, 2.45) is 0 Å². The molecule has 80 valence electrons. The van der Waals surface area contributed by atoms with Crippen LogP contribution in [0.15, 0.2) is 11.4 Å². The summed E-state index contributed by atoms with van der Waals surface area (Å²) in [5.74, 6) is 1.20. The van der Waals surface area contributed by atoms with Crippen LogP contribution in [0.25, 0.3) is 0 Å². The summed E-state index contributed by atoms with van der Waals surface area (Å²) in [6.45, 7) is 2.61. The van der Waals surface area contributed by atoms with E-state index in [0.717, 1.165) is 11.3 Å². The van der Waals surface area contributed by atoms with E-state index in [2.05, 4.69) is 9.47 Å². The molecule has 0 atom stereocenters. The van der Waals surface area contributed by atoms with Gasteiger partial charge in [-0.05, 0) is 18.5 Å². The molecule has 2 rings (SSSR count). The number of ether oxygens (including phenoxy) is 1. The van der Waals surface area contributed by atoms with Gasteiger partial charge < -0.3 is 10.5 Å². The number of rotatable bonds is 3. The topological polar surface area (TPSA) is 66.0 Å². The summed E-state index contributed by atoms with van der Waals surface area (Å²) < 4.78 is 11.1. The molecule has 0 fully saturated rings. The van der Waals surface area contributed by atoms with E-state index in [1.165, 1.54) is 11.5 Å². The number of anilines is 1. The van der Waals surface area contributed by atoms with Gasteiger partial charge in [-0.25, -0.2) is 0 Å². The summed E-state index contributed by atoms with van der Waals surface area (Å²) >= 11 is 1.38. The monoisotopic (exact) mass is 224 g/mol. The molecule has 5 nitrogen and oxygen atoms in total. The van der Waals surface area contributed by atoms with Crippen molar-refractivity contribution in [2.45, 2.75) is 13.5 Å². The van der Waals surface area contributed by atoms with Crippen LogP contribution in [0.5, 0.6) is 5.88 Å². The van der Waals surface area contributed by atoms with Gasteiger partial charge in [0.2, 0.25) is 5.88 Å². The van der Waals surface area contributed by atoms with Crippen LogP contribution < -0.4 is 10.5 Å². The maximum absolute atomic E-state index is 5.60. The molecule has 0 spiro atoms. The number of hydrogen-bond acceptors (Lipinski definition) is 5. The number of methoxy groups -OCH3 is 1. The average Bonchev–Trinajstić information content (AvgIpc) is 2.74. The maximum Gasteiger partial charge on any atom is 0.230 e. The number of hydrogen-bond donors (Lipinski definition) is 1. The quantitative estimate of drug-likeness (QED) is 0.853. The molecule has 2 aromatic rings. The minimum absolute atomic E-state index is 0.537. The first-order chi connectivity index (χ1) is 7.20. The van der Waals surface area contributed by atoms with Crippen molar-refractivity contribution in [3.63, 3.8) is 0 Å². The number of nitrogens with two attached hydrogens (primary N) is 1. The third kappa shape index (κ3) is 1.94. The first-order valence-electron chi connectivity index (χ1n) is 4.48. The lowest BCUT2D eigenvalue weighted by molar-refractivity contribution is 0.395. The molecule has 0 amide bonds. The fraction of sp³-hybridized carbons (Fsp3) is 0.333. The zero-order chi connectivity index (χ0) is 10.8. The predicted octanol–water partition coefficient (Wildman–Crippen LogP) is 1.29. The van der Waals surface area contributed by atoms with Crippen molar-refractivity contribution < 1.29 is 4.74 Å². The van der Waals surface area contributed by atoms with E-state index in [1.807, 2.05) is 23.1 Å². The molecule has 0 bridgehead atoms. The van der Waals surface area contributed by atoms with Gasteiger partial charge in [0.25, 0.3) is 0 Å². The number of nitrogen functional groups attached to an aromatic ring is 1. The Morgan fingerprint density at radius 1 is 1.60 bits per heavy atom. The molecular weight excluding hydrogens is 212 g/mol. The summed E-state index contributed by atoms with van der Waals surface area (Å²) in [5.41, 5.74) is 7.65. The lowest BCUT2D eigenvalue weighted by atomic mass is 10.3. The molecule has 15 heavy (non-hydrogen) atoms. The largest absolute Gasteiger partial charge is 0.480 e. The minimum Gasteiger partial charge on any atom is -0.480 e. The van der Waals surface area contributed by atoms with Crippen LogP contribution >= 0.6 is 11.5 Å². The zero-order valence-corrected chi connectivity index (χ0v) is 9.41. The molecule has 0 saturated heterocycles. The van der Waals surface area contributed by atoms with Gasteiger partial charge in [0, 0.05) is 22.7 Å². The first-order valence-corrected chi connectivity index (χ1v) is 5.31. The molecular formula is C9H12N4OS. The van der Waals surface area contributed by atoms with E-state index >= 15 is 0 Å². The van der Waals surface area contributed by atoms with Gasteiger partial charge in [-0.15, -0.1) is 0 Å². The van der Waals surface area contributed by atoms with E-state index in [-0.39, 0.29) is 0 Å². The molecule has 0 aliphatic rings. The molecule has 0 aromatic carbocycles. The van der Waals surface area contributed by atoms with Crippen molar-refractivity contribution in [1.29, 1.82) is 0 Å². The average molecular weight is 224 g/mol. The Hall–Kier alpha value is -1.56. The Morgan fingerprint density at radius 2 is 2.40 bits per heavy atom. The molecule has 2 aromatic heterocycles. The summed E-state index contributed by atoms with van der Waals surface area (Å²) in [4.78, 5) is 0. The molecule has 2 N–H and O–H groups in total. The van der Waals surface area contributed by atoms with Crippen molar-refractivity contribution >= 4 is 17.4 Å². The summed E-state index contributed by atoms with van der Waals surface area (Å²) in [6, 6.07) is 1.84. The standard InChI is InChI=1S/C9H12N4OS/c1-6-3-8(10)11-13(6)4-7-5-15-12-9(7)14-2/h3,5H,4H2,1-2H3,(H2,10,11). The molecule has 0 aliphatic heterocycles. The highest BCUT2D eigenvalue weighted by atomic mass is 32.1. The molecule has 0 saturated carbocycles. The Labute approximate surface area is 91.6 Å². The predicted molar refractivity (Wildman–Crippen MR) is 59.1 cm³/mol. The van der Waals surface area contributed by atoms with Crippen LogP contribution in [0.1, 0.15) is 11.3 Å². The van der Waals surface area contributed by atoms with Gasteiger partial charge in [0.1, 0.15) is 5.82 Å². The van der Waals surface area contributed by atoms with Gasteiger partial charge in [-0.1, -0.05) is 0 Å². The van der Waals surface area contributed by atoms with E-state index in [1.54, 1.807) is 7.11 Å². The van der Waals surface area contributed by atoms with Crippen LogP contribution in [0.4, 0.5) is 5.82 Å². The Bertz CT molecular complexity index is 462. The van der Waals surface area contributed by atoms with E-state index in [9.17, 15) is 0 Å². The highest BCUT2D eigenvalue weighted by Gasteiger charge is 2.09. The second kappa shape index (κ2) is 3.90.